The minimum absolute atomic E-state index is 0.0918. The zero-order valence-electron chi connectivity index (χ0n) is 20.0. The zero-order chi connectivity index (χ0) is 31.8. The van der Waals surface area contributed by atoms with E-state index in [1.54, 1.807) is 6.92 Å². The molecule has 0 amide bonds. The van der Waals surface area contributed by atoms with Crippen LogP contribution in [-0.4, -0.2) is 61.4 Å². The monoisotopic (exact) mass is 626 g/mol. The molecule has 1 rings (SSSR count). The van der Waals surface area contributed by atoms with Crippen LogP contribution in [0.2, 0.25) is 0 Å². The van der Waals surface area contributed by atoms with Crippen LogP contribution >= 0.6 is 0 Å². The highest BCUT2D eigenvalue weighted by atomic mass is 19.4. The first-order valence-corrected chi connectivity index (χ1v) is 10.7. The molecule has 0 fully saturated rings. The van der Waals surface area contributed by atoms with E-state index < -0.39 is 65.7 Å². The third kappa shape index (κ3) is 5.75. The Morgan fingerprint density at radius 2 is 1.00 bits per heavy atom. The number of hydrogen-bond donors (Lipinski definition) is 0. The van der Waals surface area contributed by atoms with E-state index in [1.807, 2.05) is 0 Å². The molecule has 1 atom stereocenters. The van der Waals surface area contributed by atoms with Crippen LogP contribution in [0.5, 0.6) is 5.75 Å². The molecule has 0 aliphatic heterocycles. The summed E-state index contributed by atoms with van der Waals surface area (Å²) in [7, 11) is 0.533. The van der Waals surface area contributed by atoms with E-state index in [0.29, 0.717) is 20.0 Å². The van der Waals surface area contributed by atoms with Gasteiger partial charge in [0, 0.05) is 13.5 Å². The van der Waals surface area contributed by atoms with Gasteiger partial charge in [-0.05, 0) is 24.1 Å². The normalized spacial score (nSPS) is 15.8. The fourth-order valence-corrected chi connectivity index (χ4v) is 3.01. The molecule has 2 nitrogen and oxygen atoms in total. The van der Waals surface area contributed by atoms with Crippen LogP contribution in [0, 0.1) is 0 Å². The average molecular weight is 626 g/mol. The molecule has 0 bridgehead atoms. The number of alkyl halides is 17. The van der Waals surface area contributed by atoms with Crippen molar-refractivity contribution in [2.75, 3.05) is 13.7 Å². The number of rotatable bonds is 14. The number of methoxy groups -OCH3 is 1. The van der Waals surface area contributed by atoms with Gasteiger partial charge >= 0.3 is 47.6 Å². The van der Waals surface area contributed by atoms with Gasteiger partial charge in [0.1, 0.15) is 5.75 Å². The zero-order valence-corrected chi connectivity index (χ0v) is 20.0. The van der Waals surface area contributed by atoms with Crippen molar-refractivity contribution in [2.24, 2.45) is 0 Å². The van der Waals surface area contributed by atoms with Gasteiger partial charge in [-0.1, -0.05) is 25.5 Å². The summed E-state index contributed by atoms with van der Waals surface area (Å²) in [6.45, 7) is 1.98. The summed E-state index contributed by atoms with van der Waals surface area (Å²) in [5.41, 5.74) is -0.516. The number of benzene rings is 1. The van der Waals surface area contributed by atoms with E-state index in [4.69, 9.17) is 4.74 Å². The third-order valence-corrected chi connectivity index (χ3v) is 5.53. The first-order valence-electron chi connectivity index (χ1n) is 10.7. The lowest BCUT2D eigenvalue weighted by atomic mass is 9.87. The van der Waals surface area contributed by atoms with Crippen LogP contribution in [0.4, 0.5) is 74.6 Å². The number of unbranched alkanes of at least 4 members (excludes halogenated alkanes) is 1. The number of hydrogen-bond acceptors (Lipinski definition) is 2. The van der Waals surface area contributed by atoms with E-state index in [-0.39, 0.29) is 12.4 Å². The maximum absolute atomic E-state index is 14.3. The van der Waals surface area contributed by atoms with Crippen LogP contribution in [0.15, 0.2) is 24.3 Å². The summed E-state index contributed by atoms with van der Waals surface area (Å²) < 4.78 is 238. The molecule has 0 N–H and O–H groups in total. The van der Waals surface area contributed by atoms with Gasteiger partial charge < -0.3 is 9.47 Å². The second-order valence-electron chi connectivity index (χ2n) is 8.35. The molecule has 19 heteroatoms. The Morgan fingerprint density at radius 3 is 1.38 bits per heavy atom. The fourth-order valence-electron chi connectivity index (χ4n) is 3.01. The Morgan fingerprint density at radius 1 is 0.600 bits per heavy atom. The predicted molar refractivity (Wildman–Crippen MR) is 102 cm³/mol. The minimum atomic E-state index is -8.66. The van der Waals surface area contributed by atoms with E-state index >= 15 is 0 Å². The summed E-state index contributed by atoms with van der Waals surface area (Å²) in [6, 6.07) is 3.84. The summed E-state index contributed by atoms with van der Waals surface area (Å²) >= 11 is 0. The second-order valence-corrected chi connectivity index (χ2v) is 8.35. The summed E-state index contributed by atoms with van der Waals surface area (Å²) in [5, 5.41) is 0. The highest BCUT2D eigenvalue weighted by Gasteiger charge is 2.95. The molecule has 0 saturated heterocycles. The summed E-state index contributed by atoms with van der Waals surface area (Å²) in [6.07, 6.45) is -11.6. The lowest BCUT2D eigenvalue weighted by Crippen LogP contribution is -2.74. The minimum Gasteiger partial charge on any atom is -0.494 e. The highest BCUT2D eigenvalue weighted by Crippen LogP contribution is 2.64. The van der Waals surface area contributed by atoms with Gasteiger partial charge in [-0.25, -0.2) is 0 Å². The average Bonchev–Trinajstić information content (AvgIpc) is 2.81. The first kappa shape index (κ1) is 35.8. The molecule has 234 valence electrons. The fraction of sp³-hybridized carbons (Fsp3) is 0.714. The molecular formula is C21H19F17O2. The van der Waals surface area contributed by atoms with Crippen LogP contribution in [0.3, 0.4) is 0 Å². The maximum Gasteiger partial charge on any atom is 0.460 e. The highest BCUT2D eigenvalue weighted by molar-refractivity contribution is 5.29. The molecule has 0 aliphatic rings. The molecule has 40 heavy (non-hydrogen) atoms. The molecule has 1 aromatic carbocycles. The Bertz CT molecular complexity index is 970. The van der Waals surface area contributed by atoms with E-state index in [0.717, 1.165) is 24.3 Å². The second kappa shape index (κ2) is 11.2. The van der Waals surface area contributed by atoms with Crippen LogP contribution in [0.1, 0.15) is 37.9 Å². The van der Waals surface area contributed by atoms with Crippen molar-refractivity contribution >= 4 is 0 Å². The van der Waals surface area contributed by atoms with E-state index in [9.17, 15) is 74.6 Å². The topological polar surface area (TPSA) is 18.5 Å². The van der Waals surface area contributed by atoms with Gasteiger partial charge in [-0.2, -0.15) is 74.6 Å². The van der Waals surface area contributed by atoms with Crippen LogP contribution in [-0.2, 0) is 4.74 Å². The standard InChI is InChI=1S/C21H19F17O2/c1-3-4-9-40-12-7-5-11(6-8-12)13(39-2)10-14(22,23)15(24,25)16(26,27)17(28,29)18(30,31)19(32,33)20(34,35)21(36,37)38/h5-8,13H,3-4,9-10H2,1-2H3. The molecule has 0 aliphatic carbocycles. The quantitative estimate of drug-likeness (QED) is 0.152. The van der Waals surface area contributed by atoms with Gasteiger partial charge in [0.25, 0.3) is 0 Å². The number of halogens is 17. The van der Waals surface area contributed by atoms with Crippen molar-refractivity contribution in [2.45, 2.75) is 79.9 Å². The van der Waals surface area contributed by atoms with Gasteiger partial charge in [-0.3, -0.25) is 0 Å². The van der Waals surface area contributed by atoms with Crippen molar-refractivity contribution < 1.29 is 84.1 Å². The molecule has 0 saturated carbocycles. The van der Waals surface area contributed by atoms with Crippen LogP contribution < -0.4 is 4.74 Å². The van der Waals surface area contributed by atoms with Gasteiger partial charge in [-0.15, -0.1) is 0 Å². The Hall–Kier alpha value is -2.21. The van der Waals surface area contributed by atoms with Gasteiger partial charge in [0.15, 0.2) is 0 Å². The maximum atomic E-state index is 14.3. The smallest absolute Gasteiger partial charge is 0.460 e. The Balaban J connectivity index is 3.44. The SMILES string of the molecule is CCCCOc1ccc(C(CC(F)(F)C(F)(F)C(F)(F)C(F)(F)C(F)(F)C(F)(F)C(F)(F)C(F)(F)F)OC)cc1. The van der Waals surface area contributed by atoms with Crippen molar-refractivity contribution in [3.05, 3.63) is 29.8 Å². The molecule has 0 radical (unpaired) electrons. The Labute approximate surface area is 214 Å². The van der Waals surface area contributed by atoms with Crippen molar-refractivity contribution in [3.8, 4) is 5.75 Å². The third-order valence-electron chi connectivity index (χ3n) is 5.53. The van der Waals surface area contributed by atoms with Crippen molar-refractivity contribution in [1.82, 2.24) is 0 Å². The molecule has 1 unspecified atom stereocenters. The molecule has 0 aromatic heterocycles. The lowest BCUT2D eigenvalue weighted by Gasteiger charge is -2.43. The lowest BCUT2D eigenvalue weighted by molar-refractivity contribution is -0.462. The van der Waals surface area contributed by atoms with E-state index in [1.165, 1.54) is 0 Å². The van der Waals surface area contributed by atoms with Crippen LogP contribution in [0.25, 0.3) is 0 Å². The van der Waals surface area contributed by atoms with Crippen molar-refractivity contribution in [3.63, 3.8) is 0 Å². The summed E-state index contributed by atoms with van der Waals surface area (Å²) in [4.78, 5) is 0. The predicted octanol–water partition coefficient (Wildman–Crippen LogP) is 8.95. The number of ether oxygens (including phenoxy) is 2. The first-order chi connectivity index (χ1) is 17.7. The van der Waals surface area contributed by atoms with Crippen molar-refractivity contribution in [1.29, 1.82) is 0 Å². The molecule has 0 heterocycles. The molecular weight excluding hydrogens is 607 g/mol. The van der Waals surface area contributed by atoms with Gasteiger partial charge in [0.2, 0.25) is 0 Å². The van der Waals surface area contributed by atoms with E-state index in [2.05, 4.69) is 4.74 Å². The van der Waals surface area contributed by atoms with Gasteiger partial charge in [0.05, 0.1) is 12.7 Å². The molecule has 1 aromatic rings. The summed E-state index contributed by atoms with van der Waals surface area (Å²) in [5.74, 6) is -56.5. The largest absolute Gasteiger partial charge is 0.494 e. The Kier molecular flexibility index (Phi) is 10.1. The molecule has 0 spiro atoms.